The molecule has 0 aliphatic carbocycles. The Morgan fingerprint density at radius 3 is 2.58 bits per heavy atom. The lowest BCUT2D eigenvalue weighted by Crippen LogP contribution is -2.25. The van der Waals surface area contributed by atoms with Gasteiger partial charge in [0.1, 0.15) is 0 Å². The highest BCUT2D eigenvalue weighted by atomic mass is 32.2. The summed E-state index contributed by atoms with van der Waals surface area (Å²) in [5.74, 6) is 0.522. The fourth-order valence-electron chi connectivity index (χ4n) is 1.83. The number of hydrogen-bond donors (Lipinski definition) is 2. The first-order chi connectivity index (χ1) is 8.81. The molecule has 0 fully saturated rings. The van der Waals surface area contributed by atoms with Crippen LogP contribution in [-0.2, 0) is 10.0 Å². The third kappa shape index (κ3) is 3.84. The highest BCUT2D eigenvalue weighted by Gasteiger charge is 2.15. The van der Waals surface area contributed by atoms with E-state index in [0.717, 1.165) is 18.7 Å². The second-order valence-corrected chi connectivity index (χ2v) is 6.71. The Balaban J connectivity index is 3.11. The molecule has 6 heteroatoms. The molecule has 0 heterocycles. The van der Waals surface area contributed by atoms with Gasteiger partial charge in [0.2, 0.25) is 10.0 Å². The van der Waals surface area contributed by atoms with Crippen molar-refractivity contribution in [2.45, 2.75) is 25.2 Å². The molecule has 3 N–H and O–H groups in total. The van der Waals surface area contributed by atoms with Crippen LogP contribution in [0.25, 0.3) is 0 Å². The first kappa shape index (κ1) is 15.8. The van der Waals surface area contributed by atoms with Crippen LogP contribution >= 0.6 is 0 Å². The molecule has 108 valence electrons. The van der Waals surface area contributed by atoms with Gasteiger partial charge in [-0.1, -0.05) is 20.3 Å². The number of nitrogen functional groups attached to an aromatic ring is 1. The molecule has 0 aromatic heterocycles. The summed E-state index contributed by atoms with van der Waals surface area (Å²) in [5.41, 5.74) is 7.27. The van der Waals surface area contributed by atoms with E-state index >= 15 is 0 Å². The Kier molecular flexibility index (Phi) is 5.20. The molecule has 0 saturated carbocycles. The van der Waals surface area contributed by atoms with Crippen molar-refractivity contribution < 1.29 is 8.42 Å². The molecule has 0 spiro atoms. The Morgan fingerprint density at radius 2 is 2.05 bits per heavy atom. The van der Waals surface area contributed by atoms with Gasteiger partial charge >= 0.3 is 0 Å². The first-order valence-corrected chi connectivity index (χ1v) is 7.84. The maximum absolute atomic E-state index is 11.8. The number of nitrogens with two attached hydrogens (primary N) is 1. The minimum absolute atomic E-state index is 0.232. The highest BCUT2D eigenvalue weighted by Crippen LogP contribution is 2.26. The van der Waals surface area contributed by atoms with Crippen molar-refractivity contribution in [1.29, 1.82) is 0 Å². The lowest BCUT2D eigenvalue weighted by Gasteiger charge is -2.24. The fraction of sp³-hybridized carbons (Fsp3) is 0.538. The average molecular weight is 285 g/mol. The number of sulfonamides is 1. The Hall–Kier alpha value is -1.27. The average Bonchev–Trinajstić information content (AvgIpc) is 2.38. The first-order valence-electron chi connectivity index (χ1n) is 6.36. The van der Waals surface area contributed by atoms with Crippen molar-refractivity contribution in [3.8, 4) is 0 Å². The van der Waals surface area contributed by atoms with Crippen molar-refractivity contribution in [2.24, 2.45) is 5.92 Å². The molecule has 1 atom stereocenters. The van der Waals surface area contributed by atoms with Crippen LogP contribution in [0.3, 0.4) is 0 Å². The lowest BCUT2D eigenvalue weighted by atomic mass is 10.1. The molecule has 0 aliphatic rings. The van der Waals surface area contributed by atoms with E-state index in [1.54, 1.807) is 12.1 Å². The van der Waals surface area contributed by atoms with E-state index in [4.69, 9.17) is 5.73 Å². The number of rotatable bonds is 6. The van der Waals surface area contributed by atoms with Gasteiger partial charge in [-0.15, -0.1) is 0 Å². The summed E-state index contributed by atoms with van der Waals surface area (Å²) < 4.78 is 25.9. The third-order valence-corrected chi connectivity index (χ3v) is 4.69. The van der Waals surface area contributed by atoms with Gasteiger partial charge in [0.25, 0.3) is 0 Å². The third-order valence-electron chi connectivity index (χ3n) is 3.27. The van der Waals surface area contributed by atoms with Crippen LogP contribution in [-0.4, -0.2) is 29.1 Å². The van der Waals surface area contributed by atoms with Crippen LogP contribution in [0.2, 0.25) is 0 Å². The predicted octanol–water partition coefficient (Wildman–Crippen LogP) is 1.66. The Morgan fingerprint density at radius 1 is 1.42 bits per heavy atom. The minimum atomic E-state index is -3.44. The second-order valence-electron chi connectivity index (χ2n) is 4.82. The molecule has 0 amide bonds. The zero-order chi connectivity index (χ0) is 14.6. The maximum atomic E-state index is 11.8. The molecule has 0 radical (unpaired) electrons. The van der Waals surface area contributed by atoms with Crippen LogP contribution in [0.1, 0.15) is 20.3 Å². The van der Waals surface area contributed by atoms with E-state index in [2.05, 4.69) is 18.6 Å². The molecule has 1 unspecified atom stereocenters. The van der Waals surface area contributed by atoms with Crippen molar-refractivity contribution >= 4 is 21.4 Å². The van der Waals surface area contributed by atoms with Gasteiger partial charge in [-0.25, -0.2) is 13.1 Å². The summed E-state index contributed by atoms with van der Waals surface area (Å²) >= 11 is 0. The smallest absolute Gasteiger partial charge is 0.240 e. The van der Waals surface area contributed by atoms with Crippen molar-refractivity contribution in [2.75, 3.05) is 31.3 Å². The van der Waals surface area contributed by atoms with Gasteiger partial charge in [0, 0.05) is 13.6 Å². The number of hydrogen-bond acceptors (Lipinski definition) is 4. The summed E-state index contributed by atoms with van der Waals surface area (Å²) in [6.07, 6.45) is 1.07. The van der Waals surface area contributed by atoms with Crippen LogP contribution in [0.5, 0.6) is 0 Å². The van der Waals surface area contributed by atoms with E-state index in [-0.39, 0.29) is 4.90 Å². The summed E-state index contributed by atoms with van der Waals surface area (Å²) in [7, 11) is -0.116. The molecular weight excluding hydrogens is 262 g/mol. The molecule has 1 aromatic carbocycles. The van der Waals surface area contributed by atoms with Gasteiger partial charge in [0.05, 0.1) is 16.3 Å². The fourth-order valence-corrected chi connectivity index (χ4v) is 2.58. The van der Waals surface area contributed by atoms with Crippen LogP contribution in [0.4, 0.5) is 11.4 Å². The molecule has 1 aromatic rings. The lowest BCUT2D eigenvalue weighted by molar-refractivity contribution is 0.560. The second kappa shape index (κ2) is 6.25. The summed E-state index contributed by atoms with van der Waals surface area (Å²) in [5, 5.41) is 0. The summed E-state index contributed by atoms with van der Waals surface area (Å²) in [6.45, 7) is 5.12. The van der Waals surface area contributed by atoms with Crippen LogP contribution < -0.4 is 15.4 Å². The van der Waals surface area contributed by atoms with Gasteiger partial charge in [0.15, 0.2) is 0 Å². The van der Waals surface area contributed by atoms with E-state index in [1.807, 2.05) is 11.9 Å². The summed E-state index contributed by atoms with van der Waals surface area (Å²) in [6, 6.07) is 4.76. The number of nitrogens with one attached hydrogen (secondary N) is 1. The SMILES string of the molecule is CCC(C)CN(C)c1cc(S(=O)(=O)NC)ccc1N. The molecule has 0 bridgehead atoms. The van der Waals surface area contributed by atoms with Crippen LogP contribution in [0, 0.1) is 5.92 Å². The number of anilines is 2. The number of benzene rings is 1. The van der Waals surface area contributed by atoms with Gasteiger partial charge in [-0.05, 0) is 31.2 Å². The topological polar surface area (TPSA) is 75.4 Å². The molecule has 1 rings (SSSR count). The molecule has 0 saturated heterocycles. The van der Waals surface area contributed by atoms with Crippen molar-refractivity contribution in [1.82, 2.24) is 4.72 Å². The zero-order valence-corrected chi connectivity index (χ0v) is 12.8. The highest BCUT2D eigenvalue weighted by molar-refractivity contribution is 7.89. The van der Waals surface area contributed by atoms with Crippen LogP contribution in [0.15, 0.2) is 23.1 Å². The maximum Gasteiger partial charge on any atom is 0.240 e. The molecular formula is C13H23N3O2S. The monoisotopic (exact) mass is 285 g/mol. The quantitative estimate of drug-likeness (QED) is 0.779. The van der Waals surface area contributed by atoms with E-state index in [0.29, 0.717) is 11.6 Å². The van der Waals surface area contributed by atoms with E-state index in [9.17, 15) is 8.42 Å². The standard InChI is InChI=1S/C13H23N3O2S/c1-5-10(2)9-16(4)13-8-11(6-7-12(13)14)19(17,18)15-3/h6-8,10,15H,5,9,14H2,1-4H3. The Labute approximate surface area is 115 Å². The minimum Gasteiger partial charge on any atom is -0.397 e. The van der Waals surface area contributed by atoms with E-state index in [1.165, 1.54) is 13.1 Å². The zero-order valence-electron chi connectivity index (χ0n) is 12.0. The normalized spacial score (nSPS) is 13.3. The van der Waals surface area contributed by atoms with Crippen molar-refractivity contribution in [3.05, 3.63) is 18.2 Å². The van der Waals surface area contributed by atoms with Gasteiger partial charge in [-0.3, -0.25) is 0 Å². The van der Waals surface area contributed by atoms with Gasteiger partial charge in [-0.2, -0.15) is 0 Å². The summed E-state index contributed by atoms with van der Waals surface area (Å²) in [4.78, 5) is 2.23. The Bertz CT molecular complexity index is 529. The number of nitrogens with zero attached hydrogens (tertiary/aromatic N) is 1. The molecule has 0 aliphatic heterocycles. The molecule has 5 nitrogen and oxygen atoms in total. The predicted molar refractivity (Wildman–Crippen MR) is 79.8 cm³/mol. The van der Waals surface area contributed by atoms with E-state index < -0.39 is 10.0 Å². The van der Waals surface area contributed by atoms with Gasteiger partial charge < -0.3 is 10.6 Å². The molecule has 19 heavy (non-hydrogen) atoms. The van der Waals surface area contributed by atoms with Crippen molar-refractivity contribution in [3.63, 3.8) is 0 Å². The largest absolute Gasteiger partial charge is 0.397 e.